The lowest BCUT2D eigenvalue weighted by molar-refractivity contribution is 0.0663. The van der Waals surface area contributed by atoms with Crippen LogP contribution in [0.1, 0.15) is 51.4 Å². The zero-order valence-corrected chi connectivity index (χ0v) is 13.1. The van der Waals surface area contributed by atoms with Gasteiger partial charge in [-0.15, -0.1) is 12.4 Å². The van der Waals surface area contributed by atoms with E-state index in [1.54, 1.807) is 0 Å². The summed E-state index contributed by atoms with van der Waals surface area (Å²) in [6.45, 7) is 5.29. The van der Waals surface area contributed by atoms with Gasteiger partial charge in [0.25, 0.3) is 0 Å². The molecule has 0 amide bonds. The summed E-state index contributed by atoms with van der Waals surface area (Å²) in [7, 11) is 4.35. The van der Waals surface area contributed by atoms with Crippen LogP contribution in [0, 0.1) is 5.41 Å². The fourth-order valence-corrected chi connectivity index (χ4v) is 3.66. The van der Waals surface area contributed by atoms with Crippen LogP contribution < -0.4 is 0 Å². The van der Waals surface area contributed by atoms with Crippen LogP contribution in [0.5, 0.6) is 0 Å². The molecule has 0 atom stereocenters. The van der Waals surface area contributed by atoms with Gasteiger partial charge in [0.15, 0.2) is 0 Å². The lowest BCUT2D eigenvalue weighted by atomic mass is 9.68. The average Bonchev–Trinajstić information content (AvgIpc) is 2.33. The van der Waals surface area contributed by atoms with Crippen molar-refractivity contribution in [3.8, 4) is 0 Å². The number of halogens is 1. The smallest absolute Gasteiger partial charge is 0.000654 e. The molecule has 2 rings (SSSR count). The maximum absolute atomic E-state index is 2.70. The number of likely N-dealkylation sites (tertiary alicyclic amines) is 1. The molecule has 2 fully saturated rings. The molecule has 0 unspecified atom stereocenters. The first kappa shape index (κ1) is 16.3. The number of hydrogen-bond donors (Lipinski definition) is 0. The third-order valence-electron chi connectivity index (χ3n) is 4.91. The first-order valence-corrected chi connectivity index (χ1v) is 7.57. The van der Waals surface area contributed by atoms with Gasteiger partial charge in [0.05, 0.1) is 0 Å². The zero-order valence-electron chi connectivity index (χ0n) is 12.3. The largest absolute Gasteiger partial charge is 0.309 e. The van der Waals surface area contributed by atoms with Crippen LogP contribution in [-0.2, 0) is 0 Å². The van der Waals surface area contributed by atoms with Gasteiger partial charge >= 0.3 is 0 Å². The third-order valence-corrected chi connectivity index (χ3v) is 4.91. The molecule has 0 N–H and O–H groups in total. The van der Waals surface area contributed by atoms with Gasteiger partial charge in [0.1, 0.15) is 0 Å². The summed E-state index contributed by atoms with van der Waals surface area (Å²) < 4.78 is 0. The van der Waals surface area contributed by atoms with E-state index in [0.717, 1.165) is 5.41 Å². The van der Waals surface area contributed by atoms with Crippen molar-refractivity contribution in [1.82, 2.24) is 9.80 Å². The topological polar surface area (TPSA) is 6.48 Å². The Labute approximate surface area is 120 Å². The van der Waals surface area contributed by atoms with Gasteiger partial charge in [0, 0.05) is 0 Å². The Bertz CT molecular complexity index is 215. The second kappa shape index (κ2) is 7.72. The molecule has 1 saturated heterocycles. The molecule has 3 heteroatoms. The van der Waals surface area contributed by atoms with Crippen molar-refractivity contribution >= 4 is 12.4 Å². The van der Waals surface area contributed by atoms with Gasteiger partial charge in [-0.1, -0.05) is 19.3 Å². The summed E-state index contributed by atoms with van der Waals surface area (Å²) >= 11 is 0. The molecule has 2 nitrogen and oxygen atoms in total. The van der Waals surface area contributed by atoms with Crippen molar-refractivity contribution in [2.24, 2.45) is 5.41 Å². The Morgan fingerprint density at radius 2 is 1.56 bits per heavy atom. The van der Waals surface area contributed by atoms with E-state index in [4.69, 9.17) is 0 Å². The predicted octanol–water partition coefficient (Wildman–Crippen LogP) is 3.41. The fraction of sp³-hybridized carbons (Fsp3) is 1.00. The van der Waals surface area contributed by atoms with Gasteiger partial charge < -0.3 is 9.80 Å². The summed E-state index contributed by atoms with van der Waals surface area (Å²) in [6, 6.07) is 0. The van der Waals surface area contributed by atoms with E-state index in [2.05, 4.69) is 23.9 Å². The summed E-state index contributed by atoms with van der Waals surface area (Å²) in [5, 5.41) is 0. The van der Waals surface area contributed by atoms with Gasteiger partial charge in [0.2, 0.25) is 0 Å². The molecule has 1 aliphatic heterocycles. The lowest BCUT2D eigenvalue weighted by Crippen LogP contribution is -2.41. The van der Waals surface area contributed by atoms with Crippen LogP contribution in [0.4, 0.5) is 0 Å². The number of piperidine rings is 1. The van der Waals surface area contributed by atoms with E-state index in [0.29, 0.717) is 0 Å². The molecule has 108 valence electrons. The Hall–Kier alpha value is 0.210. The third kappa shape index (κ3) is 4.71. The second-order valence-corrected chi connectivity index (χ2v) is 6.56. The average molecular weight is 275 g/mol. The van der Waals surface area contributed by atoms with E-state index in [1.807, 2.05) is 0 Å². The minimum absolute atomic E-state index is 0. The fourth-order valence-electron chi connectivity index (χ4n) is 3.66. The summed E-state index contributed by atoms with van der Waals surface area (Å²) in [4.78, 5) is 5.00. The Kier molecular flexibility index (Phi) is 6.97. The second-order valence-electron chi connectivity index (χ2n) is 6.56. The summed E-state index contributed by atoms with van der Waals surface area (Å²) in [5.41, 5.74) is 0.774. The molecule has 1 aliphatic carbocycles. The molecule has 1 heterocycles. The molecular weight excluding hydrogens is 244 g/mol. The van der Waals surface area contributed by atoms with Crippen molar-refractivity contribution < 1.29 is 0 Å². The lowest BCUT2D eigenvalue weighted by Gasteiger charge is -2.44. The number of hydrogen-bond acceptors (Lipinski definition) is 2. The van der Waals surface area contributed by atoms with Crippen LogP contribution in [0.3, 0.4) is 0 Å². The summed E-state index contributed by atoms with van der Waals surface area (Å²) in [6.07, 6.45) is 11.8. The predicted molar refractivity (Wildman–Crippen MR) is 81.6 cm³/mol. The van der Waals surface area contributed by atoms with E-state index < -0.39 is 0 Å². The first-order valence-electron chi connectivity index (χ1n) is 7.57. The summed E-state index contributed by atoms with van der Waals surface area (Å²) in [5.74, 6) is 0. The van der Waals surface area contributed by atoms with Crippen molar-refractivity contribution in [2.75, 3.05) is 40.3 Å². The maximum Gasteiger partial charge on any atom is -0.000654 e. The standard InChI is InChI=1S/C15H30N2.ClH/c1-16(2)11-6-12-17-13-9-15(10-14-17)7-4-3-5-8-15;/h3-14H2,1-2H3;1H. The molecular formula is C15H31ClN2. The first-order chi connectivity index (χ1) is 8.20. The molecule has 0 bridgehead atoms. The van der Waals surface area contributed by atoms with Gasteiger partial charge in [-0.3, -0.25) is 0 Å². The number of rotatable bonds is 4. The van der Waals surface area contributed by atoms with Crippen molar-refractivity contribution in [2.45, 2.75) is 51.4 Å². The van der Waals surface area contributed by atoms with E-state index >= 15 is 0 Å². The van der Waals surface area contributed by atoms with Crippen molar-refractivity contribution in [3.63, 3.8) is 0 Å². The normalized spacial score (nSPS) is 24.2. The van der Waals surface area contributed by atoms with E-state index in [1.165, 1.54) is 77.5 Å². The minimum atomic E-state index is 0. The van der Waals surface area contributed by atoms with Crippen molar-refractivity contribution in [1.29, 1.82) is 0 Å². The quantitative estimate of drug-likeness (QED) is 0.775. The molecule has 0 aromatic rings. The molecule has 18 heavy (non-hydrogen) atoms. The van der Waals surface area contributed by atoms with Crippen LogP contribution >= 0.6 is 12.4 Å². The van der Waals surface area contributed by atoms with Gasteiger partial charge in [-0.05, 0) is 77.8 Å². The van der Waals surface area contributed by atoms with Crippen molar-refractivity contribution in [3.05, 3.63) is 0 Å². The van der Waals surface area contributed by atoms with E-state index in [-0.39, 0.29) is 12.4 Å². The highest BCUT2D eigenvalue weighted by molar-refractivity contribution is 5.85. The minimum Gasteiger partial charge on any atom is -0.309 e. The van der Waals surface area contributed by atoms with Gasteiger partial charge in [-0.25, -0.2) is 0 Å². The zero-order chi connectivity index (χ0) is 12.1. The van der Waals surface area contributed by atoms with Crippen LogP contribution in [0.2, 0.25) is 0 Å². The maximum atomic E-state index is 2.70. The molecule has 0 radical (unpaired) electrons. The van der Waals surface area contributed by atoms with Crippen LogP contribution in [0.25, 0.3) is 0 Å². The SMILES string of the molecule is CN(C)CCCN1CCC2(CCCCC2)CC1.Cl. The highest BCUT2D eigenvalue weighted by Crippen LogP contribution is 2.44. The number of nitrogens with zero attached hydrogens (tertiary/aromatic N) is 2. The Morgan fingerprint density at radius 1 is 0.944 bits per heavy atom. The van der Waals surface area contributed by atoms with Gasteiger partial charge in [-0.2, -0.15) is 0 Å². The van der Waals surface area contributed by atoms with E-state index in [9.17, 15) is 0 Å². The Morgan fingerprint density at radius 3 is 2.11 bits per heavy atom. The Balaban J connectivity index is 0.00000162. The monoisotopic (exact) mass is 274 g/mol. The highest BCUT2D eigenvalue weighted by Gasteiger charge is 2.35. The molecule has 1 spiro atoms. The molecule has 0 aromatic carbocycles. The van der Waals surface area contributed by atoms with Crippen LogP contribution in [-0.4, -0.2) is 50.1 Å². The molecule has 1 saturated carbocycles. The highest BCUT2D eigenvalue weighted by atomic mass is 35.5. The molecule has 2 aliphatic rings. The molecule has 0 aromatic heterocycles. The van der Waals surface area contributed by atoms with Crippen LogP contribution in [0.15, 0.2) is 0 Å².